The number of esters is 1. The van der Waals surface area contributed by atoms with Crippen molar-refractivity contribution in [1.29, 1.82) is 5.26 Å². The first-order chi connectivity index (χ1) is 12.9. The van der Waals surface area contributed by atoms with E-state index in [0.717, 1.165) is 3.57 Å². The van der Waals surface area contributed by atoms with Gasteiger partial charge in [0.25, 0.3) is 5.91 Å². The number of hydrogen-bond acceptors (Lipinski definition) is 5. The number of nitrogens with one attached hydrogen (secondary N) is 1. The van der Waals surface area contributed by atoms with Crippen LogP contribution in [0, 0.1) is 14.9 Å². The predicted molar refractivity (Wildman–Crippen MR) is 110 cm³/mol. The first-order valence-corrected chi connectivity index (χ1v) is 9.14. The number of benzene rings is 2. The van der Waals surface area contributed by atoms with Crippen LogP contribution in [0.3, 0.4) is 0 Å². The zero-order chi connectivity index (χ0) is 19.8. The Labute approximate surface area is 170 Å². The van der Waals surface area contributed by atoms with E-state index in [0.29, 0.717) is 23.6 Å². The maximum absolute atomic E-state index is 12.4. The fourth-order valence-corrected chi connectivity index (χ4v) is 2.53. The highest BCUT2D eigenvalue weighted by Crippen LogP contribution is 2.29. The molecule has 0 radical (unpaired) electrons. The van der Waals surface area contributed by atoms with Gasteiger partial charge < -0.3 is 14.8 Å². The van der Waals surface area contributed by atoms with Gasteiger partial charge in [-0.2, -0.15) is 5.26 Å². The van der Waals surface area contributed by atoms with Crippen molar-refractivity contribution in [2.75, 3.05) is 11.9 Å². The van der Waals surface area contributed by atoms with Crippen LogP contribution in [0.4, 0.5) is 5.69 Å². The van der Waals surface area contributed by atoms with E-state index < -0.39 is 11.9 Å². The number of nitriles is 1. The molecule has 2 rings (SSSR count). The molecule has 138 valence electrons. The number of ether oxygens (including phenoxy) is 2. The van der Waals surface area contributed by atoms with E-state index in [1.165, 1.54) is 13.0 Å². The van der Waals surface area contributed by atoms with Gasteiger partial charge >= 0.3 is 5.97 Å². The summed E-state index contributed by atoms with van der Waals surface area (Å²) in [5, 5.41) is 12.0. The summed E-state index contributed by atoms with van der Waals surface area (Å²) in [6.45, 7) is 3.47. The SMILES string of the molecule is CCOc1cc(/C=C(/C#N)C(=O)Nc2ccc(I)cc2)ccc1OC(C)=O. The van der Waals surface area contributed by atoms with Crippen molar-refractivity contribution >= 4 is 46.2 Å². The van der Waals surface area contributed by atoms with Gasteiger partial charge in [-0.15, -0.1) is 0 Å². The molecule has 7 heteroatoms. The smallest absolute Gasteiger partial charge is 0.308 e. The average molecular weight is 476 g/mol. The lowest BCUT2D eigenvalue weighted by Crippen LogP contribution is -2.13. The van der Waals surface area contributed by atoms with Gasteiger partial charge in [0.15, 0.2) is 11.5 Å². The zero-order valence-electron chi connectivity index (χ0n) is 14.8. The Hall–Kier alpha value is -2.86. The molecule has 6 nitrogen and oxygen atoms in total. The molecule has 0 atom stereocenters. The van der Waals surface area contributed by atoms with E-state index in [1.807, 2.05) is 18.2 Å². The Kier molecular flexibility index (Phi) is 7.37. The molecule has 2 aromatic carbocycles. The predicted octanol–water partition coefficient (Wildman–Crippen LogP) is 4.16. The maximum Gasteiger partial charge on any atom is 0.308 e. The lowest BCUT2D eigenvalue weighted by atomic mass is 10.1. The Morgan fingerprint density at radius 1 is 1.19 bits per heavy atom. The van der Waals surface area contributed by atoms with Crippen LogP contribution in [0.25, 0.3) is 6.08 Å². The van der Waals surface area contributed by atoms with E-state index in [4.69, 9.17) is 9.47 Å². The van der Waals surface area contributed by atoms with E-state index in [1.54, 1.807) is 37.3 Å². The monoisotopic (exact) mass is 476 g/mol. The van der Waals surface area contributed by atoms with Gasteiger partial charge in [-0.3, -0.25) is 9.59 Å². The summed E-state index contributed by atoms with van der Waals surface area (Å²) in [7, 11) is 0. The third kappa shape index (κ3) is 6.11. The van der Waals surface area contributed by atoms with Crippen LogP contribution in [0.15, 0.2) is 48.0 Å². The Morgan fingerprint density at radius 3 is 2.48 bits per heavy atom. The summed E-state index contributed by atoms with van der Waals surface area (Å²) < 4.78 is 11.6. The van der Waals surface area contributed by atoms with Gasteiger partial charge in [-0.25, -0.2) is 0 Å². The molecular formula is C20H17IN2O4. The molecule has 0 aliphatic rings. The molecule has 0 heterocycles. The first-order valence-electron chi connectivity index (χ1n) is 8.07. The molecule has 2 aromatic rings. The number of nitrogens with zero attached hydrogens (tertiary/aromatic N) is 1. The molecule has 0 bridgehead atoms. The number of carbonyl (C=O) groups excluding carboxylic acids is 2. The molecule has 0 aliphatic heterocycles. The number of rotatable bonds is 6. The second kappa shape index (κ2) is 9.73. The molecular weight excluding hydrogens is 459 g/mol. The van der Waals surface area contributed by atoms with E-state index >= 15 is 0 Å². The van der Waals surface area contributed by atoms with E-state index in [9.17, 15) is 14.9 Å². The van der Waals surface area contributed by atoms with Gasteiger partial charge in [0.05, 0.1) is 6.61 Å². The summed E-state index contributed by atoms with van der Waals surface area (Å²) in [6, 6.07) is 13.9. The third-order valence-electron chi connectivity index (χ3n) is 3.30. The summed E-state index contributed by atoms with van der Waals surface area (Å²) in [5.41, 5.74) is 1.11. The number of amides is 1. The highest BCUT2D eigenvalue weighted by molar-refractivity contribution is 14.1. The van der Waals surface area contributed by atoms with Crippen LogP contribution in [0.2, 0.25) is 0 Å². The Bertz CT molecular complexity index is 915. The lowest BCUT2D eigenvalue weighted by molar-refractivity contribution is -0.132. The molecule has 0 fully saturated rings. The van der Waals surface area contributed by atoms with Crippen molar-refractivity contribution in [3.63, 3.8) is 0 Å². The van der Waals surface area contributed by atoms with Crippen molar-refractivity contribution in [2.45, 2.75) is 13.8 Å². The second-order valence-electron chi connectivity index (χ2n) is 5.36. The van der Waals surface area contributed by atoms with Gasteiger partial charge in [0, 0.05) is 16.2 Å². The van der Waals surface area contributed by atoms with Crippen LogP contribution in [0.1, 0.15) is 19.4 Å². The quantitative estimate of drug-likeness (QED) is 0.223. The molecule has 0 saturated heterocycles. The van der Waals surface area contributed by atoms with Crippen molar-refractivity contribution < 1.29 is 19.1 Å². The van der Waals surface area contributed by atoms with Gasteiger partial charge in [-0.05, 0) is 77.6 Å². The molecule has 0 unspecified atom stereocenters. The highest BCUT2D eigenvalue weighted by Gasteiger charge is 2.12. The summed E-state index contributed by atoms with van der Waals surface area (Å²) in [5.74, 6) is -0.338. The van der Waals surface area contributed by atoms with Crippen molar-refractivity contribution in [3.05, 3.63) is 57.2 Å². The fraction of sp³-hybridized carbons (Fsp3) is 0.150. The van der Waals surface area contributed by atoms with Crippen molar-refractivity contribution in [1.82, 2.24) is 0 Å². The van der Waals surface area contributed by atoms with Crippen LogP contribution >= 0.6 is 22.6 Å². The van der Waals surface area contributed by atoms with Crippen LogP contribution in [-0.4, -0.2) is 18.5 Å². The zero-order valence-corrected chi connectivity index (χ0v) is 16.9. The number of halogens is 1. The van der Waals surface area contributed by atoms with Crippen molar-refractivity contribution in [3.8, 4) is 17.6 Å². The van der Waals surface area contributed by atoms with Crippen LogP contribution in [0.5, 0.6) is 11.5 Å². The van der Waals surface area contributed by atoms with E-state index in [-0.39, 0.29) is 11.3 Å². The average Bonchev–Trinajstić information content (AvgIpc) is 2.63. The van der Waals surface area contributed by atoms with Gasteiger partial charge in [0.2, 0.25) is 0 Å². The standard InChI is InChI=1S/C20H17IN2O4/c1-3-26-19-11-14(4-9-18(19)27-13(2)24)10-15(12-22)20(25)23-17-7-5-16(21)6-8-17/h4-11H,3H2,1-2H3,(H,23,25)/b15-10-. The number of hydrogen-bond donors (Lipinski definition) is 1. The van der Waals surface area contributed by atoms with Gasteiger partial charge in [-0.1, -0.05) is 6.07 Å². The fourth-order valence-electron chi connectivity index (χ4n) is 2.17. The van der Waals surface area contributed by atoms with E-state index in [2.05, 4.69) is 27.9 Å². The summed E-state index contributed by atoms with van der Waals surface area (Å²) in [6.07, 6.45) is 1.45. The molecule has 1 amide bonds. The number of anilines is 1. The molecule has 0 aliphatic carbocycles. The molecule has 0 saturated carbocycles. The molecule has 0 aromatic heterocycles. The first kappa shape index (κ1) is 20.5. The van der Waals surface area contributed by atoms with Crippen LogP contribution < -0.4 is 14.8 Å². The highest BCUT2D eigenvalue weighted by atomic mass is 127. The molecule has 0 spiro atoms. The second-order valence-corrected chi connectivity index (χ2v) is 6.61. The Morgan fingerprint density at radius 2 is 1.89 bits per heavy atom. The Balaban J connectivity index is 2.26. The maximum atomic E-state index is 12.4. The normalized spacial score (nSPS) is 10.7. The van der Waals surface area contributed by atoms with Gasteiger partial charge in [0.1, 0.15) is 11.6 Å². The summed E-state index contributed by atoms with van der Waals surface area (Å²) in [4.78, 5) is 23.5. The number of carbonyl (C=O) groups is 2. The lowest BCUT2D eigenvalue weighted by Gasteiger charge is -2.10. The topological polar surface area (TPSA) is 88.4 Å². The van der Waals surface area contributed by atoms with Crippen molar-refractivity contribution in [2.24, 2.45) is 0 Å². The minimum Gasteiger partial charge on any atom is -0.490 e. The van der Waals surface area contributed by atoms with Crippen LogP contribution in [-0.2, 0) is 9.59 Å². The minimum absolute atomic E-state index is 0.0590. The summed E-state index contributed by atoms with van der Waals surface area (Å²) >= 11 is 2.17. The molecule has 27 heavy (non-hydrogen) atoms. The largest absolute Gasteiger partial charge is 0.490 e. The minimum atomic E-state index is -0.513. The molecule has 1 N–H and O–H groups in total. The third-order valence-corrected chi connectivity index (χ3v) is 4.02.